The van der Waals surface area contributed by atoms with Gasteiger partial charge in [-0.15, -0.1) is 0 Å². The van der Waals surface area contributed by atoms with Crippen molar-refractivity contribution in [3.8, 4) is 0 Å². The SMILES string of the molecule is C=CC1=C(C=C)S(O)(O)N(CCCCC)C1=O. The normalized spacial score (nSPS) is 20.6. The number of carbonyl (C=O) groups excluding carboxylic acids is 1. The third-order valence-corrected chi connectivity index (χ3v) is 4.62. The van der Waals surface area contributed by atoms with Crippen LogP contribution >= 0.6 is 10.8 Å². The molecule has 0 aliphatic carbocycles. The Labute approximate surface area is 104 Å². The van der Waals surface area contributed by atoms with Gasteiger partial charge in [0.25, 0.3) is 5.91 Å². The molecule has 1 aliphatic heterocycles. The summed E-state index contributed by atoms with van der Waals surface area (Å²) in [7, 11) is -3.19. The summed E-state index contributed by atoms with van der Waals surface area (Å²) < 4.78 is 21.2. The maximum absolute atomic E-state index is 12.0. The van der Waals surface area contributed by atoms with Gasteiger partial charge in [-0.05, 0) is 12.5 Å². The van der Waals surface area contributed by atoms with E-state index in [4.69, 9.17) is 0 Å². The van der Waals surface area contributed by atoms with E-state index < -0.39 is 10.8 Å². The summed E-state index contributed by atoms with van der Waals surface area (Å²) in [5, 5.41) is 0. The van der Waals surface area contributed by atoms with Crippen molar-refractivity contribution in [3.63, 3.8) is 0 Å². The van der Waals surface area contributed by atoms with Crippen LogP contribution in [0.15, 0.2) is 35.8 Å². The minimum Gasteiger partial charge on any atom is -0.277 e. The standard InChI is InChI=1S/C12H19NO3S/c1-4-7-8-9-13-12(14)10(5-2)11(6-3)17(13,15)16/h5-6,15-16H,2-4,7-9H2,1H3. The molecule has 0 bridgehead atoms. The molecule has 0 spiro atoms. The zero-order chi connectivity index (χ0) is 13.1. The molecule has 17 heavy (non-hydrogen) atoms. The summed E-state index contributed by atoms with van der Waals surface area (Å²) in [5.41, 5.74) is 0.247. The third kappa shape index (κ3) is 2.46. The van der Waals surface area contributed by atoms with Crippen molar-refractivity contribution in [1.29, 1.82) is 0 Å². The van der Waals surface area contributed by atoms with Gasteiger partial charge in [0.2, 0.25) is 0 Å². The maximum Gasteiger partial charge on any atom is 0.274 e. The van der Waals surface area contributed by atoms with Gasteiger partial charge in [-0.1, -0.05) is 49.8 Å². The van der Waals surface area contributed by atoms with Crippen LogP contribution < -0.4 is 0 Å². The van der Waals surface area contributed by atoms with Gasteiger partial charge in [0, 0.05) is 6.54 Å². The Bertz CT molecular complexity index is 374. The number of carbonyl (C=O) groups is 1. The van der Waals surface area contributed by atoms with E-state index in [1.54, 1.807) is 0 Å². The van der Waals surface area contributed by atoms with Crippen molar-refractivity contribution in [1.82, 2.24) is 4.31 Å². The van der Waals surface area contributed by atoms with Crippen LogP contribution in [0.2, 0.25) is 0 Å². The molecule has 0 fully saturated rings. The van der Waals surface area contributed by atoms with E-state index in [0.29, 0.717) is 6.54 Å². The molecule has 5 heteroatoms. The van der Waals surface area contributed by atoms with Crippen molar-refractivity contribution in [2.24, 2.45) is 0 Å². The van der Waals surface area contributed by atoms with Crippen LogP contribution in [0.25, 0.3) is 0 Å². The molecule has 1 heterocycles. The van der Waals surface area contributed by atoms with Crippen LogP contribution in [0.3, 0.4) is 0 Å². The van der Waals surface area contributed by atoms with Crippen molar-refractivity contribution >= 4 is 16.7 Å². The van der Waals surface area contributed by atoms with E-state index in [0.717, 1.165) is 23.6 Å². The first kappa shape index (κ1) is 14.0. The molecule has 0 atom stereocenters. The summed E-state index contributed by atoms with van der Waals surface area (Å²) >= 11 is 0. The van der Waals surface area contributed by atoms with Gasteiger partial charge >= 0.3 is 0 Å². The Morgan fingerprint density at radius 1 is 1.29 bits per heavy atom. The van der Waals surface area contributed by atoms with E-state index in [1.165, 1.54) is 12.2 Å². The highest BCUT2D eigenvalue weighted by Gasteiger charge is 2.40. The molecule has 0 saturated carbocycles. The molecule has 0 aromatic heterocycles. The number of nitrogens with zero attached hydrogens (tertiary/aromatic N) is 1. The predicted octanol–water partition coefficient (Wildman–Crippen LogP) is 3.31. The summed E-state index contributed by atoms with van der Waals surface area (Å²) in [5.74, 6) is -0.369. The minimum absolute atomic E-state index is 0.189. The second-order valence-electron chi connectivity index (χ2n) is 3.82. The summed E-state index contributed by atoms with van der Waals surface area (Å²) in [6, 6.07) is 0. The highest BCUT2D eigenvalue weighted by molar-refractivity contribution is 8.26. The third-order valence-electron chi connectivity index (χ3n) is 2.68. The van der Waals surface area contributed by atoms with Crippen LogP contribution in [0.1, 0.15) is 26.2 Å². The average Bonchev–Trinajstić information content (AvgIpc) is 2.47. The van der Waals surface area contributed by atoms with Gasteiger partial charge in [0.1, 0.15) is 0 Å². The first-order valence-electron chi connectivity index (χ1n) is 5.60. The van der Waals surface area contributed by atoms with Crippen LogP contribution in [-0.4, -0.2) is 25.9 Å². The predicted molar refractivity (Wildman–Crippen MR) is 71.5 cm³/mol. The maximum atomic E-state index is 12.0. The van der Waals surface area contributed by atoms with Crippen LogP contribution in [0.5, 0.6) is 0 Å². The number of hydrogen-bond donors (Lipinski definition) is 2. The fraction of sp³-hybridized carbons (Fsp3) is 0.417. The van der Waals surface area contributed by atoms with E-state index in [2.05, 4.69) is 13.2 Å². The summed E-state index contributed by atoms with van der Waals surface area (Å²) in [6.07, 6.45) is 5.40. The topological polar surface area (TPSA) is 60.8 Å². The minimum atomic E-state index is -3.19. The quantitative estimate of drug-likeness (QED) is 0.718. The van der Waals surface area contributed by atoms with Gasteiger partial charge < -0.3 is 0 Å². The number of allylic oxidation sites excluding steroid dienone is 1. The number of amides is 1. The highest BCUT2D eigenvalue weighted by Crippen LogP contribution is 2.58. The Balaban J connectivity index is 2.94. The molecular weight excluding hydrogens is 238 g/mol. The molecular formula is C12H19NO3S. The van der Waals surface area contributed by atoms with Crippen molar-refractivity contribution < 1.29 is 13.9 Å². The summed E-state index contributed by atoms with van der Waals surface area (Å²) in [6.45, 7) is 9.44. The summed E-state index contributed by atoms with van der Waals surface area (Å²) in [4.78, 5) is 12.2. The molecule has 1 aliphatic rings. The smallest absolute Gasteiger partial charge is 0.274 e. The highest BCUT2D eigenvalue weighted by atomic mass is 32.3. The van der Waals surface area contributed by atoms with E-state index >= 15 is 0 Å². The van der Waals surface area contributed by atoms with Crippen molar-refractivity contribution in [3.05, 3.63) is 35.8 Å². The van der Waals surface area contributed by atoms with Gasteiger partial charge in [0.05, 0.1) is 10.5 Å². The van der Waals surface area contributed by atoms with Gasteiger partial charge in [-0.25, -0.2) is 4.31 Å². The zero-order valence-electron chi connectivity index (χ0n) is 10.1. The fourth-order valence-electron chi connectivity index (χ4n) is 1.77. The van der Waals surface area contributed by atoms with Crippen molar-refractivity contribution in [2.75, 3.05) is 6.54 Å². The largest absolute Gasteiger partial charge is 0.277 e. The molecule has 2 N–H and O–H groups in total. The van der Waals surface area contributed by atoms with Crippen LogP contribution in [0.4, 0.5) is 0 Å². The first-order valence-corrected chi connectivity index (χ1v) is 7.10. The Kier molecular flexibility index (Phi) is 4.56. The number of rotatable bonds is 6. The lowest BCUT2D eigenvalue weighted by molar-refractivity contribution is -0.122. The Hall–Kier alpha value is -1.04. The molecule has 1 amide bonds. The first-order chi connectivity index (χ1) is 8.00. The molecule has 1 rings (SSSR count). The fourth-order valence-corrected chi connectivity index (χ4v) is 3.41. The lowest BCUT2D eigenvalue weighted by Gasteiger charge is -2.38. The Morgan fingerprint density at radius 3 is 2.35 bits per heavy atom. The van der Waals surface area contributed by atoms with Crippen molar-refractivity contribution in [2.45, 2.75) is 26.2 Å². The lowest BCUT2D eigenvalue weighted by Crippen LogP contribution is -2.29. The average molecular weight is 257 g/mol. The van der Waals surface area contributed by atoms with E-state index in [1.807, 2.05) is 6.92 Å². The monoisotopic (exact) mass is 257 g/mol. The van der Waals surface area contributed by atoms with E-state index in [9.17, 15) is 13.9 Å². The lowest BCUT2D eigenvalue weighted by atomic mass is 10.2. The number of hydrogen-bond acceptors (Lipinski definition) is 3. The molecule has 0 aromatic carbocycles. The Morgan fingerprint density at radius 2 is 1.94 bits per heavy atom. The zero-order valence-corrected chi connectivity index (χ0v) is 10.9. The van der Waals surface area contributed by atoms with Gasteiger partial charge in [-0.3, -0.25) is 13.9 Å². The van der Waals surface area contributed by atoms with Gasteiger partial charge in [0.15, 0.2) is 0 Å². The van der Waals surface area contributed by atoms with Crippen LogP contribution in [-0.2, 0) is 4.79 Å². The molecule has 0 unspecified atom stereocenters. The second kappa shape index (κ2) is 5.53. The molecule has 0 aromatic rings. The molecule has 96 valence electrons. The molecule has 4 nitrogen and oxygen atoms in total. The molecule has 0 saturated heterocycles. The number of unbranched alkanes of at least 4 members (excludes halogenated alkanes) is 2. The second-order valence-corrected chi connectivity index (χ2v) is 5.74. The van der Waals surface area contributed by atoms with Gasteiger partial charge in [-0.2, -0.15) is 0 Å². The molecule has 0 radical (unpaired) electrons. The van der Waals surface area contributed by atoms with Crippen LogP contribution in [0, 0.1) is 0 Å². The van der Waals surface area contributed by atoms with E-state index in [-0.39, 0.29) is 16.4 Å².